The van der Waals surface area contributed by atoms with Crippen molar-refractivity contribution in [2.45, 2.75) is 19.4 Å². The van der Waals surface area contributed by atoms with Crippen molar-refractivity contribution in [3.8, 4) is 0 Å². The Balaban J connectivity index is 2.32. The molecule has 0 saturated carbocycles. The molecule has 0 bridgehead atoms. The number of hydrogen-bond acceptors (Lipinski definition) is 4. The van der Waals surface area contributed by atoms with Crippen LogP contribution in [-0.2, 0) is 0 Å². The van der Waals surface area contributed by atoms with Crippen molar-refractivity contribution >= 4 is 22.1 Å². The third kappa shape index (κ3) is 2.47. The molecule has 0 aliphatic heterocycles. The predicted octanol–water partition coefficient (Wildman–Crippen LogP) is 2.00. The molecule has 1 unspecified atom stereocenters. The SMILES string of the molecule is CCC(O)CNc1ccc(N)c2cnccc12. The van der Waals surface area contributed by atoms with E-state index in [1.807, 2.05) is 25.1 Å². The molecule has 0 radical (unpaired) electrons. The smallest absolute Gasteiger partial charge is 0.0709 e. The summed E-state index contributed by atoms with van der Waals surface area (Å²) in [4.78, 5) is 4.07. The maximum atomic E-state index is 9.55. The normalized spacial score (nSPS) is 12.6. The zero-order valence-electron chi connectivity index (χ0n) is 9.85. The lowest BCUT2D eigenvalue weighted by molar-refractivity contribution is 0.183. The fourth-order valence-corrected chi connectivity index (χ4v) is 1.74. The lowest BCUT2D eigenvalue weighted by atomic mass is 10.1. The van der Waals surface area contributed by atoms with E-state index in [1.54, 1.807) is 12.4 Å². The van der Waals surface area contributed by atoms with Gasteiger partial charge in [0.25, 0.3) is 0 Å². The van der Waals surface area contributed by atoms with Gasteiger partial charge in [-0.05, 0) is 24.6 Å². The molecule has 0 aliphatic carbocycles. The topological polar surface area (TPSA) is 71.2 Å². The zero-order chi connectivity index (χ0) is 12.3. The molecule has 1 aromatic heterocycles. The minimum Gasteiger partial charge on any atom is -0.398 e. The maximum Gasteiger partial charge on any atom is 0.0709 e. The summed E-state index contributed by atoms with van der Waals surface area (Å²) in [5.74, 6) is 0. The average Bonchev–Trinajstić information content (AvgIpc) is 2.38. The molecule has 4 nitrogen and oxygen atoms in total. The van der Waals surface area contributed by atoms with Gasteiger partial charge in [0.15, 0.2) is 0 Å². The third-order valence-electron chi connectivity index (χ3n) is 2.85. The van der Waals surface area contributed by atoms with Gasteiger partial charge in [0.1, 0.15) is 0 Å². The van der Waals surface area contributed by atoms with Gasteiger partial charge in [0.2, 0.25) is 0 Å². The molecule has 1 heterocycles. The average molecular weight is 231 g/mol. The van der Waals surface area contributed by atoms with E-state index in [9.17, 15) is 5.11 Å². The second-order valence-corrected chi connectivity index (χ2v) is 4.07. The number of nitrogen functional groups attached to an aromatic ring is 1. The molecule has 0 spiro atoms. The molecule has 4 heteroatoms. The van der Waals surface area contributed by atoms with Crippen molar-refractivity contribution in [1.82, 2.24) is 4.98 Å². The van der Waals surface area contributed by atoms with Crippen LogP contribution in [0.1, 0.15) is 13.3 Å². The van der Waals surface area contributed by atoms with Gasteiger partial charge in [-0.3, -0.25) is 4.98 Å². The number of fused-ring (bicyclic) bond motifs is 1. The zero-order valence-corrected chi connectivity index (χ0v) is 9.85. The van der Waals surface area contributed by atoms with E-state index in [4.69, 9.17) is 5.73 Å². The van der Waals surface area contributed by atoms with Crippen molar-refractivity contribution in [2.75, 3.05) is 17.6 Å². The van der Waals surface area contributed by atoms with Gasteiger partial charge in [-0.1, -0.05) is 6.92 Å². The minimum atomic E-state index is -0.329. The van der Waals surface area contributed by atoms with E-state index in [0.29, 0.717) is 6.54 Å². The molecular weight excluding hydrogens is 214 g/mol. The predicted molar refractivity (Wildman–Crippen MR) is 70.9 cm³/mol. The van der Waals surface area contributed by atoms with E-state index < -0.39 is 0 Å². The number of aromatic nitrogens is 1. The molecule has 17 heavy (non-hydrogen) atoms. The van der Waals surface area contributed by atoms with Crippen LogP contribution in [0.15, 0.2) is 30.6 Å². The van der Waals surface area contributed by atoms with Crippen LogP contribution in [-0.4, -0.2) is 22.7 Å². The third-order valence-corrected chi connectivity index (χ3v) is 2.85. The second-order valence-electron chi connectivity index (χ2n) is 4.07. The van der Waals surface area contributed by atoms with Gasteiger partial charge in [-0.2, -0.15) is 0 Å². The van der Waals surface area contributed by atoms with Crippen molar-refractivity contribution in [2.24, 2.45) is 0 Å². The van der Waals surface area contributed by atoms with Gasteiger partial charge in [0, 0.05) is 41.1 Å². The Labute approximate surface area is 100 Å². The molecule has 4 N–H and O–H groups in total. The van der Waals surface area contributed by atoms with Gasteiger partial charge in [-0.25, -0.2) is 0 Å². The van der Waals surface area contributed by atoms with Gasteiger partial charge >= 0.3 is 0 Å². The van der Waals surface area contributed by atoms with Crippen LogP contribution in [0.4, 0.5) is 11.4 Å². The summed E-state index contributed by atoms with van der Waals surface area (Å²) in [6.45, 7) is 2.50. The van der Waals surface area contributed by atoms with Crippen LogP contribution in [0.2, 0.25) is 0 Å². The summed E-state index contributed by atoms with van der Waals surface area (Å²) >= 11 is 0. The highest BCUT2D eigenvalue weighted by Gasteiger charge is 2.05. The Morgan fingerprint density at radius 2 is 2.18 bits per heavy atom. The lowest BCUT2D eigenvalue weighted by Crippen LogP contribution is -2.18. The number of hydrogen-bond donors (Lipinski definition) is 3. The molecule has 0 amide bonds. The van der Waals surface area contributed by atoms with Crippen LogP contribution in [0, 0.1) is 0 Å². The number of aliphatic hydroxyl groups excluding tert-OH is 1. The Morgan fingerprint density at radius 1 is 1.35 bits per heavy atom. The van der Waals surface area contributed by atoms with E-state index in [0.717, 1.165) is 28.6 Å². The summed E-state index contributed by atoms with van der Waals surface area (Å²) in [6.07, 6.45) is 3.90. The monoisotopic (exact) mass is 231 g/mol. The van der Waals surface area contributed by atoms with Crippen LogP contribution >= 0.6 is 0 Å². The molecule has 1 atom stereocenters. The molecule has 90 valence electrons. The van der Waals surface area contributed by atoms with Crippen LogP contribution < -0.4 is 11.1 Å². The van der Waals surface area contributed by atoms with E-state index in [-0.39, 0.29) is 6.10 Å². The number of nitrogens with one attached hydrogen (secondary N) is 1. The molecule has 2 rings (SSSR count). The van der Waals surface area contributed by atoms with Crippen LogP contribution in [0.25, 0.3) is 10.8 Å². The first-order valence-corrected chi connectivity index (χ1v) is 5.76. The summed E-state index contributed by atoms with van der Waals surface area (Å²) in [5.41, 5.74) is 7.58. The fraction of sp³-hybridized carbons (Fsp3) is 0.308. The van der Waals surface area contributed by atoms with E-state index >= 15 is 0 Å². The summed E-state index contributed by atoms with van der Waals surface area (Å²) in [7, 11) is 0. The van der Waals surface area contributed by atoms with Gasteiger partial charge in [0.05, 0.1) is 6.10 Å². The molecule has 2 aromatic rings. The number of benzene rings is 1. The first-order chi connectivity index (χ1) is 8.22. The highest BCUT2D eigenvalue weighted by Crippen LogP contribution is 2.27. The number of rotatable bonds is 4. The highest BCUT2D eigenvalue weighted by atomic mass is 16.3. The Morgan fingerprint density at radius 3 is 2.94 bits per heavy atom. The maximum absolute atomic E-state index is 9.55. The van der Waals surface area contributed by atoms with E-state index in [1.165, 1.54) is 0 Å². The van der Waals surface area contributed by atoms with Crippen LogP contribution in [0.5, 0.6) is 0 Å². The molecule has 0 fully saturated rings. The largest absolute Gasteiger partial charge is 0.398 e. The van der Waals surface area contributed by atoms with Crippen molar-refractivity contribution in [1.29, 1.82) is 0 Å². The second kappa shape index (κ2) is 5.01. The molecular formula is C13H17N3O. The highest BCUT2D eigenvalue weighted by molar-refractivity contribution is 6.00. The molecule has 1 aromatic carbocycles. The molecule has 0 saturated heterocycles. The number of pyridine rings is 1. The van der Waals surface area contributed by atoms with Crippen molar-refractivity contribution in [3.63, 3.8) is 0 Å². The van der Waals surface area contributed by atoms with Gasteiger partial charge < -0.3 is 16.2 Å². The molecule has 0 aliphatic rings. The number of nitrogens with zero attached hydrogens (tertiary/aromatic N) is 1. The quantitative estimate of drug-likeness (QED) is 0.704. The van der Waals surface area contributed by atoms with E-state index in [2.05, 4.69) is 10.3 Å². The van der Waals surface area contributed by atoms with Crippen LogP contribution in [0.3, 0.4) is 0 Å². The lowest BCUT2D eigenvalue weighted by Gasteiger charge is -2.13. The summed E-state index contributed by atoms with van der Waals surface area (Å²) in [6, 6.07) is 5.71. The Bertz CT molecular complexity index is 513. The standard InChI is InChI=1S/C13H17N3O/c1-2-9(17)7-16-13-4-3-12(14)11-8-15-6-5-10(11)13/h3-6,8-9,16-17H,2,7,14H2,1H3. The van der Waals surface area contributed by atoms with Crippen molar-refractivity contribution in [3.05, 3.63) is 30.6 Å². The van der Waals surface area contributed by atoms with Gasteiger partial charge in [-0.15, -0.1) is 0 Å². The number of aliphatic hydroxyl groups is 1. The minimum absolute atomic E-state index is 0.329. The first-order valence-electron chi connectivity index (χ1n) is 5.76. The Hall–Kier alpha value is -1.81. The number of nitrogens with two attached hydrogens (primary N) is 1. The summed E-state index contributed by atoms with van der Waals surface area (Å²) in [5, 5.41) is 14.7. The number of anilines is 2. The fourth-order valence-electron chi connectivity index (χ4n) is 1.74. The Kier molecular flexibility index (Phi) is 3.44. The summed E-state index contributed by atoms with van der Waals surface area (Å²) < 4.78 is 0. The first kappa shape index (κ1) is 11.7. The van der Waals surface area contributed by atoms with Crippen molar-refractivity contribution < 1.29 is 5.11 Å².